The van der Waals surface area contributed by atoms with Crippen molar-refractivity contribution in [3.8, 4) is 0 Å². The fourth-order valence-electron chi connectivity index (χ4n) is 1.20. The molecule has 0 aliphatic carbocycles. The highest BCUT2D eigenvalue weighted by atomic mass is 35.5. The number of hydrogen-bond donors (Lipinski definition) is 2. The van der Waals surface area contributed by atoms with Crippen molar-refractivity contribution < 1.29 is 4.79 Å². The SMILES string of the molecule is CCNC(=O)C1CCNC1.Cl. The van der Waals surface area contributed by atoms with E-state index in [2.05, 4.69) is 10.6 Å². The monoisotopic (exact) mass is 178 g/mol. The highest BCUT2D eigenvalue weighted by molar-refractivity contribution is 5.85. The molecular weight excluding hydrogens is 164 g/mol. The zero-order chi connectivity index (χ0) is 7.40. The van der Waals surface area contributed by atoms with Crippen molar-refractivity contribution in [2.24, 2.45) is 5.92 Å². The van der Waals surface area contributed by atoms with Gasteiger partial charge in [-0.05, 0) is 19.9 Å². The molecule has 1 rings (SSSR count). The van der Waals surface area contributed by atoms with Crippen molar-refractivity contribution in [1.82, 2.24) is 10.6 Å². The molecule has 1 heterocycles. The Balaban J connectivity index is 0.000001000. The highest BCUT2D eigenvalue weighted by Crippen LogP contribution is 2.06. The van der Waals surface area contributed by atoms with Crippen LogP contribution in [0.2, 0.25) is 0 Å². The molecule has 4 heteroatoms. The third-order valence-corrected chi connectivity index (χ3v) is 1.78. The van der Waals surface area contributed by atoms with E-state index in [1.807, 2.05) is 6.92 Å². The van der Waals surface area contributed by atoms with E-state index in [1.54, 1.807) is 0 Å². The van der Waals surface area contributed by atoms with Crippen LogP contribution in [0.5, 0.6) is 0 Å². The number of hydrogen-bond acceptors (Lipinski definition) is 2. The van der Waals surface area contributed by atoms with Crippen LogP contribution in [0.4, 0.5) is 0 Å². The van der Waals surface area contributed by atoms with Gasteiger partial charge in [-0.3, -0.25) is 4.79 Å². The first-order chi connectivity index (χ1) is 4.84. The Morgan fingerprint density at radius 1 is 1.73 bits per heavy atom. The van der Waals surface area contributed by atoms with E-state index in [-0.39, 0.29) is 24.2 Å². The molecule has 0 aromatic carbocycles. The van der Waals surface area contributed by atoms with Crippen molar-refractivity contribution in [2.75, 3.05) is 19.6 Å². The highest BCUT2D eigenvalue weighted by Gasteiger charge is 2.20. The maximum absolute atomic E-state index is 11.1. The van der Waals surface area contributed by atoms with Crippen LogP contribution >= 0.6 is 12.4 Å². The van der Waals surface area contributed by atoms with Gasteiger partial charge in [0.1, 0.15) is 0 Å². The average Bonchev–Trinajstić information content (AvgIpc) is 2.38. The first kappa shape index (κ1) is 10.7. The van der Waals surface area contributed by atoms with E-state index in [0.717, 1.165) is 26.1 Å². The first-order valence-corrected chi connectivity index (χ1v) is 3.83. The summed E-state index contributed by atoms with van der Waals surface area (Å²) in [7, 11) is 0. The Bertz CT molecular complexity index is 124. The Morgan fingerprint density at radius 2 is 2.45 bits per heavy atom. The molecule has 1 aliphatic heterocycles. The topological polar surface area (TPSA) is 41.1 Å². The number of carbonyl (C=O) groups is 1. The third kappa shape index (κ3) is 3.08. The number of rotatable bonds is 2. The van der Waals surface area contributed by atoms with Crippen molar-refractivity contribution in [1.29, 1.82) is 0 Å². The molecular formula is C7H15ClN2O. The molecule has 1 fully saturated rings. The van der Waals surface area contributed by atoms with Gasteiger partial charge < -0.3 is 10.6 Å². The summed E-state index contributed by atoms with van der Waals surface area (Å²) in [4.78, 5) is 11.1. The molecule has 1 atom stereocenters. The summed E-state index contributed by atoms with van der Waals surface area (Å²) in [5.41, 5.74) is 0. The summed E-state index contributed by atoms with van der Waals surface area (Å²) < 4.78 is 0. The first-order valence-electron chi connectivity index (χ1n) is 3.83. The second-order valence-electron chi connectivity index (χ2n) is 2.58. The second-order valence-corrected chi connectivity index (χ2v) is 2.58. The van der Waals surface area contributed by atoms with Gasteiger partial charge in [0.25, 0.3) is 0 Å². The maximum Gasteiger partial charge on any atom is 0.224 e. The Kier molecular flexibility index (Phi) is 5.24. The molecule has 1 saturated heterocycles. The normalized spacial score (nSPS) is 22.5. The van der Waals surface area contributed by atoms with Gasteiger partial charge in [-0.2, -0.15) is 0 Å². The zero-order valence-electron chi connectivity index (χ0n) is 6.72. The van der Waals surface area contributed by atoms with Crippen LogP contribution in [-0.4, -0.2) is 25.5 Å². The van der Waals surface area contributed by atoms with Gasteiger partial charge in [-0.25, -0.2) is 0 Å². The summed E-state index contributed by atoms with van der Waals surface area (Å²) in [5, 5.41) is 5.96. The van der Waals surface area contributed by atoms with E-state index < -0.39 is 0 Å². The molecule has 0 bridgehead atoms. The molecule has 3 nitrogen and oxygen atoms in total. The number of carbonyl (C=O) groups excluding carboxylic acids is 1. The molecule has 0 aromatic heterocycles. The van der Waals surface area contributed by atoms with Crippen molar-refractivity contribution in [2.45, 2.75) is 13.3 Å². The lowest BCUT2D eigenvalue weighted by Crippen LogP contribution is -2.31. The van der Waals surface area contributed by atoms with E-state index in [1.165, 1.54) is 0 Å². The summed E-state index contributed by atoms with van der Waals surface area (Å²) in [6.45, 7) is 4.53. The Labute approximate surface area is 73.3 Å². The smallest absolute Gasteiger partial charge is 0.224 e. The van der Waals surface area contributed by atoms with E-state index in [0.29, 0.717) is 0 Å². The lowest BCUT2D eigenvalue weighted by molar-refractivity contribution is -0.124. The molecule has 1 unspecified atom stereocenters. The summed E-state index contributed by atoms with van der Waals surface area (Å²) in [5.74, 6) is 0.424. The van der Waals surface area contributed by atoms with E-state index >= 15 is 0 Å². The van der Waals surface area contributed by atoms with Crippen LogP contribution in [-0.2, 0) is 4.79 Å². The molecule has 0 saturated carbocycles. The van der Waals surface area contributed by atoms with Crippen molar-refractivity contribution in [3.63, 3.8) is 0 Å². The van der Waals surface area contributed by atoms with Crippen LogP contribution < -0.4 is 10.6 Å². The standard InChI is InChI=1S/C7H14N2O.ClH/c1-2-9-7(10)6-3-4-8-5-6;/h6,8H,2-5H2,1H3,(H,9,10);1H. The molecule has 1 aliphatic rings. The van der Waals surface area contributed by atoms with Gasteiger partial charge in [-0.15, -0.1) is 12.4 Å². The number of nitrogens with one attached hydrogen (secondary N) is 2. The predicted molar refractivity (Wildman–Crippen MR) is 46.9 cm³/mol. The second kappa shape index (κ2) is 5.38. The molecule has 11 heavy (non-hydrogen) atoms. The predicted octanol–water partition coefficient (Wildman–Crippen LogP) is 0.154. The molecule has 2 N–H and O–H groups in total. The van der Waals surface area contributed by atoms with Gasteiger partial charge in [0.15, 0.2) is 0 Å². The van der Waals surface area contributed by atoms with E-state index in [9.17, 15) is 4.79 Å². The lowest BCUT2D eigenvalue weighted by atomic mass is 10.1. The van der Waals surface area contributed by atoms with Crippen LogP contribution in [0.25, 0.3) is 0 Å². The minimum atomic E-state index is 0. The summed E-state index contributed by atoms with van der Waals surface area (Å²) in [6, 6.07) is 0. The fraction of sp³-hybridized carbons (Fsp3) is 0.857. The van der Waals surface area contributed by atoms with E-state index in [4.69, 9.17) is 0 Å². The average molecular weight is 179 g/mol. The largest absolute Gasteiger partial charge is 0.356 e. The quantitative estimate of drug-likeness (QED) is 0.633. The number of halogens is 1. The van der Waals surface area contributed by atoms with Gasteiger partial charge in [0.2, 0.25) is 5.91 Å². The van der Waals surface area contributed by atoms with Crippen LogP contribution in [0.15, 0.2) is 0 Å². The Morgan fingerprint density at radius 3 is 2.91 bits per heavy atom. The third-order valence-electron chi connectivity index (χ3n) is 1.78. The molecule has 1 amide bonds. The van der Waals surface area contributed by atoms with Crippen LogP contribution in [0.3, 0.4) is 0 Å². The zero-order valence-corrected chi connectivity index (χ0v) is 7.54. The maximum atomic E-state index is 11.1. The van der Waals surface area contributed by atoms with Crippen LogP contribution in [0, 0.1) is 5.92 Å². The van der Waals surface area contributed by atoms with Gasteiger partial charge >= 0.3 is 0 Å². The number of amides is 1. The Hall–Kier alpha value is -0.280. The minimum Gasteiger partial charge on any atom is -0.356 e. The molecule has 66 valence electrons. The molecule has 0 radical (unpaired) electrons. The summed E-state index contributed by atoms with van der Waals surface area (Å²) in [6.07, 6.45) is 0.992. The van der Waals surface area contributed by atoms with Crippen LogP contribution in [0.1, 0.15) is 13.3 Å². The van der Waals surface area contributed by atoms with Crippen molar-refractivity contribution >= 4 is 18.3 Å². The van der Waals surface area contributed by atoms with Crippen molar-refractivity contribution in [3.05, 3.63) is 0 Å². The van der Waals surface area contributed by atoms with Gasteiger partial charge in [-0.1, -0.05) is 0 Å². The molecule has 0 spiro atoms. The minimum absolute atomic E-state index is 0. The lowest BCUT2D eigenvalue weighted by Gasteiger charge is -2.06. The fourth-order valence-corrected chi connectivity index (χ4v) is 1.20. The summed E-state index contributed by atoms with van der Waals surface area (Å²) >= 11 is 0. The molecule has 0 aromatic rings. The van der Waals surface area contributed by atoms with Gasteiger partial charge in [0.05, 0.1) is 5.92 Å². The van der Waals surface area contributed by atoms with Gasteiger partial charge in [0, 0.05) is 13.1 Å².